The summed E-state index contributed by atoms with van der Waals surface area (Å²) in [6.45, 7) is 6.60. The van der Waals surface area contributed by atoms with Crippen LogP contribution in [0.4, 0.5) is 11.6 Å². The largest absolute Gasteiger partial charge is 0.377 e. The summed E-state index contributed by atoms with van der Waals surface area (Å²) in [6.07, 6.45) is 3.88. The van der Waals surface area contributed by atoms with Gasteiger partial charge in [-0.1, -0.05) is 6.92 Å². The molecule has 1 saturated carbocycles. The first-order valence-corrected chi connectivity index (χ1v) is 7.06. The molecule has 0 unspecified atom stereocenters. The molecule has 0 aliphatic heterocycles. The summed E-state index contributed by atoms with van der Waals surface area (Å²) < 4.78 is 5.11. The first-order chi connectivity index (χ1) is 9.21. The second kappa shape index (κ2) is 6.19. The van der Waals surface area contributed by atoms with Crippen LogP contribution in [0, 0.1) is 5.41 Å². The third-order valence-corrected chi connectivity index (χ3v) is 3.76. The topological polar surface area (TPSA) is 59.1 Å². The van der Waals surface area contributed by atoms with Crippen molar-refractivity contribution >= 4 is 11.6 Å². The van der Waals surface area contributed by atoms with Gasteiger partial charge in [-0.15, -0.1) is 0 Å². The van der Waals surface area contributed by atoms with E-state index in [-0.39, 0.29) is 0 Å². The lowest BCUT2D eigenvalue weighted by atomic mass is 10.0. The Bertz CT molecular complexity index is 394. The molecule has 0 aromatic carbocycles. The predicted octanol–water partition coefficient (Wildman–Crippen LogP) is 2.66. The van der Waals surface area contributed by atoms with Crippen LogP contribution in [-0.4, -0.2) is 30.2 Å². The third-order valence-electron chi connectivity index (χ3n) is 3.76. The molecule has 0 radical (unpaired) electrons. The van der Waals surface area contributed by atoms with Crippen molar-refractivity contribution in [2.45, 2.75) is 39.7 Å². The molecule has 5 heteroatoms. The van der Waals surface area contributed by atoms with Gasteiger partial charge in [0.05, 0.1) is 0 Å². The molecule has 0 bridgehead atoms. The number of hydrogen-bond acceptors (Lipinski definition) is 5. The van der Waals surface area contributed by atoms with Crippen LogP contribution in [0.2, 0.25) is 0 Å². The molecule has 0 atom stereocenters. The summed E-state index contributed by atoms with van der Waals surface area (Å²) in [7, 11) is 1.66. The molecule has 0 saturated heterocycles. The van der Waals surface area contributed by atoms with Crippen LogP contribution < -0.4 is 10.6 Å². The van der Waals surface area contributed by atoms with Crippen molar-refractivity contribution in [3.05, 3.63) is 11.9 Å². The molecule has 1 aliphatic carbocycles. The van der Waals surface area contributed by atoms with E-state index in [1.807, 2.05) is 6.07 Å². The first kappa shape index (κ1) is 14.1. The number of nitrogens with zero attached hydrogens (tertiary/aromatic N) is 2. The molecule has 0 amide bonds. The highest BCUT2D eigenvalue weighted by Gasteiger charge is 2.40. The van der Waals surface area contributed by atoms with Gasteiger partial charge in [-0.25, -0.2) is 9.97 Å². The molecule has 1 aliphatic rings. The maximum absolute atomic E-state index is 5.11. The molecule has 19 heavy (non-hydrogen) atoms. The second-order valence-corrected chi connectivity index (χ2v) is 5.23. The number of nitrogens with one attached hydrogen (secondary N) is 2. The fourth-order valence-corrected chi connectivity index (χ4v) is 2.16. The van der Waals surface area contributed by atoms with E-state index >= 15 is 0 Å². The van der Waals surface area contributed by atoms with E-state index in [2.05, 4.69) is 34.4 Å². The van der Waals surface area contributed by atoms with Gasteiger partial charge in [0, 0.05) is 26.3 Å². The summed E-state index contributed by atoms with van der Waals surface area (Å²) in [6, 6.07) is 1.97. The van der Waals surface area contributed by atoms with Gasteiger partial charge >= 0.3 is 0 Å². The van der Waals surface area contributed by atoms with Crippen molar-refractivity contribution in [2.75, 3.05) is 30.8 Å². The molecule has 0 spiro atoms. The van der Waals surface area contributed by atoms with E-state index in [0.29, 0.717) is 17.8 Å². The van der Waals surface area contributed by atoms with E-state index in [1.54, 1.807) is 7.11 Å². The SMILES string of the molecule is CCNc1cc(NCC2(CC)CC2)nc(COC)n1. The van der Waals surface area contributed by atoms with Gasteiger partial charge < -0.3 is 15.4 Å². The third kappa shape index (κ3) is 3.80. The minimum absolute atomic E-state index is 0.437. The zero-order valence-corrected chi connectivity index (χ0v) is 12.1. The lowest BCUT2D eigenvalue weighted by Crippen LogP contribution is -2.16. The van der Waals surface area contributed by atoms with Crippen LogP contribution in [0.15, 0.2) is 6.07 Å². The minimum Gasteiger partial charge on any atom is -0.377 e. The Hall–Kier alpha value is -1.36. The zero-order chi connectivity index (χ0) is 13.7. The van der Waals surface area contributed by atoms with Gasteiger partial charge in [0.25, 0.3) is 0 Å². The molecule has 1 aromatic heterocycles. The molecule has 1 fully saturated rings. The van der Waals surface area contributed by atoms with Crippen LogP contribution in [0.3, 0.4) is 0 Å². The highest BCUT2D eigenvalue weighted by atomic mass is 16.5. The van der Waals surface area contributed by atoms with Gasteiger partial charge in [-0.3, -0.25) is 0 Å². The van der Waals surface area contributed by atoms with Gasteiger partial charge in [0.2, 0.25) is 0 Å². The van der Waals surface area contributed by atoms with Crippen LogP contribution in [0.1, 0.15) is 38.9 Å². The van der Waals surface area contributed by atoms with Crippen molar-refractivity contribution in [1.82, 2.24) is 9.97 Å². The summed E-state index contributed by atoms with van der Waals surface area (Å²) in [5.41, 5.74) is 0.505. The molecule has 1 aromatic rings. The van der Waals surface area contributed by atoms with Crippen molar-refractivity contribution in [3.63, 3.8) is 0 Å². The lowest BCUT2D eigenvalue weighted by molar-refractivity contribution is 0.178. The van der Waals surface area contributed by atoms with Gasteiger partial charge in [0.1, 0.15) is 18.2 Å². The van der Waals surface area contributed by atoms with Crippen molar-refractivity contribution in [2.24, 2.45) is 5.41 Å². The monoisotopic (exact) mass is 264 g/mol. The van der Waals surface area contributed by atoms with E-state index < -0.39 is 0 Å². The molecule has 2 rings (SSSR count). The average molecular weight is 264 g/mol. The number of anilines is 2. The molecular formula is C14H24N4O. The Labute approximate surface area is 115 Å². The van der Waals surface area contributed by atoms with Crippen molar-refractivity contribution in [3.8, 4) is 0 Å². The first-order valence-electron chi connectivity index (χ1n) is 7.06. The second-order valence-electron chi connectivity index (χ2n) is 5.23. The number of rotatable bonds is 8. The van der Waals surface area contributed by atoms with Gasteiger partial charge in [-0.2, -0.15) is 0 Å². The maximum Gasteiger partial charge on any atom is 0.158 e. The fourth-order valence-electron chi connectivity index (χ4n) is 2.16. The van der Waals surface area contributed by atoms with E-state index in [4.69, 9.17) is 4.74 Å². The van der Waals surface area contributed by atoms with Crippen LogP contribution in [0.5, 0.6) is 0 Å². The normalized spacial score (nSPS) is 16.2. The Balaban J connectivity index is 2.04. The molecule has 5 nitrogen and oxygen atoms in total. The Morgan fingerprint density at radius 3 is 2.42 bits per heavy atom. The number of aromatic nitrogens is 2. The predicted molar refractivity (Wildman–Crippen MR) is 77.4 cm³/mol. The number of ether oxygens (including phenoxy) is 1. The van der Waals surface area contributed by atoms with E-state index in [0.717, 1.165) is 24.7 Å². The van der Waals surface area contributed by atoms with Crippen LogP contribution in [-0.2, 0) is 11.3 Å². The summed E-state index contributed by atoms with van der Waals surface area (Å²) >= 11 is 0. The Morgan fingerprint density at radius 1 is 1.21 bits per heavy atom. The maximum atomic E-state index is 5.11. The average Bonchev–Trinajstić information content (AvgIpc) is 3.18. The fraction of sp³-hybridized carbons (Fsp3) is 0.714. The van der Waals surface area contributed by atoms with Crippen molar-refractivity contribution in [1.29, 1.82) is 0 Å². The lowest BCUT2D eigenvalue weighted by Gasteiger charge is -2.15. The number of hydrogen-bond donors (Lipinski definition) is 2. The highest BCUT2D eigenvalue weighted by molar-refractivity contribution is 5.47. The smallest absolute Gasteiger partial charge is 0.158 e. The zero-order valence-electron chi connectivity index (χ0n) is 12.1. The quantitative estimate of drug-likeness (QED) is 0.756. The standard InChI is InChI=1S/C14H24N4O/c1-4-14(6-7-14)10-16-12-8-11(15-5-2)17-13(18-12)9-19-3/h8H,4-7,9-10H2,1-3H3,(H2,15,16,17,18). The Morgan fingerprint density at radius 2 is 1.89 bits per heavy atom. The summed E-state index contributed by atoms with van der Waals surface area (Å²) in [5, 5.41) is 6.68. The molecule has 2 N–H and O–H groups in total. The summed E-state index contributed by atoms with van der Waals surface area (Å²) in [4.78, 5) is 8.89. The van der Waals surface area contributed by atoms with E-state index in [9.17, 15) is 0 Å². The summed E-state index contributed by atoms with van der Waals surface area (Å²) in [5.74, 6) is 2.45. The highest BCUT2D eigenvalue weighted by Crippen LogP contribution is 2.48. The van der Waals surface area contributed by atoms with Gasteiger partial charge in [-0.05, 0) is 31.6 Å². The minimum atomic E-state index is 0.437. The van der Waals surface area contributed by atoms with Crippen LogP contribution in [0.25, 0.3) is 0 Å². The molecule has 1 heterocycles. The molecular weight excluding hydrogens is 240 g/mol. The van der Waals surface area contributed by atoms with E-state index in [1.165, 1.54) is 19.3 Å². The van der Waals surface area contributed by atoms with Crippen molar-refractivity contribution < 1.29 is 4.74 Å². The Kier molecular flexibility index (Phi) is 4.58. The van der Waals surface area contributed by atoms with Gasteiger partial charge in [0.15, 0.2) is 5.82 Å². The van der Waals surface area contributed by atoms with Crippen LogP contribution >= 0.6 is 0 Å². The molecule has 106 valence electrons. The number of methoxy groups -OCH3 is 1.